The number of halogens is 2. The number of hydrogen-bond donors (Lipinski definition) is 5. The van der Waals surface area contributed by atoms with Crippen molar-refractivity contribution in [2.24, 2.45) is 0 Å². The number of rotatable bonds is 19. The summed E-state index contributed by atoms with van der Waals surface area (Å²) in [5.74, 6) is -0.509. The molecule has 0 saturated heterocycles. The Morgan fingerprint density at radius 3 is 1.15 bits per heavy atom. The molecule has 622 valence electrons. The topological polar surface area (TPSA) is 292 Å². The van der Waals surface area contributed by atoms with Crippen LogP contribution in [0.1, 0.15) is 310 Å². The molecule has 21 heteroatoms. The van der Waals surface area contributed by atoms with Crippen molar-refractivity contribution in [2.45, 2.75) is 203 Å². The van der Waals surface area contributed by atoms with Crippen LogP contribution in [0.3, 0.4) is 0 Å². The first-order valence-corrected chi connectivity index (χ1v) is 40.4. The summed E-state index contributed by atoms with van der Waals surface area (Å²) in [6, 6.07) is 61.5. The fourth-order valence-corrected chi connectivity index (χ4v) is 10.9. The molecule has 9 aromatic carbocycles. The molecule has 0 aliphatic rings. The predicted molar refractivity (Wildman–Crippen MR) is 461 cm³/mol. The maximum atomic E-state index is 12.9. The third-order valence-electron chi connectivity index (χ3n) is 17.8. The Kier molecular flexibility index (Phi) is 43.4. The molecule has 0 fully saturated rings. The van der Waals surface area contributed by atoms with E-state index in [2.05, 4.69) is 122 Å². The number of carbonyl (C=O) groups excluding carboxylic acids is 3. The quantitative estimate of drug-likeness (QED) is 0.0470. The van der Waals surface area contributed by atoms with E-state index >= 15 is 0 Å². The zero-order chi connectivity index (χ0) is 88.0. The number of aliphatic carboxylic acids is 1. The molecule has 0 bridgehead atoms. The molecule has 5 N–H and O–H groups in total. The monoisotopic (exact) mass is 1610 g/mol. The van der Waals surface area contributed by atoms with E-state index in [4.69, 9.17) is 20.4 Å². The van der Waals surface area contributed by atoms with Crippen LogP contribution in [0.5, 0.6) is 0 Å². The van der Waals surface area contributed by atoms with Gasteiger partial charge in [-0.25, -0.2) is 31.6 Å². The number of carbonyl (C=O) groups is 7. The second-order valence-corrected chi connectivity index (χ2v) is 32.7. The van der Waals surface area contributed by atoms with Crippen LogP contribution in [0.25, 0.3) is 11.4 Å². The lowest BCUT2D eigenvalue weighted by Crippen LogP contribution is -2.21. The lowest BCUT2D eigenvalue weighted by atomic mass is 10.00. The van der Waals surface area contributed by atoms with Crippen molar-refractivity contribution >= 4 is 51.2 Å². The minimum absolute atomic E-state index is 0.00343. The van der Waals surface area contributed by atoms with Crippen LogP contribution in [-0.2, 0) is 21.1 Å². The Morgan fingerprint density at radius 1 is 0.388 bits per heavy atom. The third-order valence-corrected chi connectivity index (χ3v) is 18.9. The van der Waals surface area contributed by atoms with Gasteiger partial charge in [-0.1, -0.05) is 252 Å². The number of benzene rings is 9. The molecule has 1 heterocycles. The zero-order valence-electron chi connectivity index (χ0n) is 71.4. The van der Waals surface area contributed by atoms with E-state index in [0.29, 0.717) is 63.3 Å². The number of hydrogen-bond acceptors (Lipinski definition) is 12. The number of aromatic nitrogens is 4. The lowest BCUT2D eigenvalue weighted by Gasteiger charge is -2.11. The summed E-state index contributed by atoms with van der Waals surface area (Å²) in [6.07, 6.45) is 1.33. The molecular formula is C95H119F2N5O13S. The number of amides is 1. The Labute approximate surface area is 685 Å². The molecule has 0 radical (unpaired) electrons. The molecule has 10 aromatic rings. The number of carboxylic acids is 4. The number of sulfone groups is 1. The van der Waals surface area contributed by atoms with Crippen molar-refractivity contribution in [1.82, 2.24) is 25.5 Å². The van der Waals surface area contributed by atoms with Crippen molar-refractivity contribution in [1.29, 1.82) is 0 Å². The Bertz CT molecular complexity index is 4800. The van der Waals surface area contributed by atoms with Gasteiger partial charge < -0.3 is 25.3 Å². The van der Waals surface area contributed by atoms with Crippen LogP contribution in [0.2, 0.25) is 0 Å². The van der Waals surface area contributed by atoms with Gasteiger partial charge in [-0.15, -0.1) is 10.2 Å². The molecule has 0 spiro atoms. The average Bonchev–Trinajstić information content (AvgIpc) is 1.66. The van der Waals surface area contributed by atoms with Crippen molar-refractivity contribution in [3.05, 3.63) is 307 Å². The van der Waals surface area contributed by atoms with E-state index in [1.54, 1.807) is 69.2 Å². The SMILES string of the molecule is CC(=O)c1ccc(C(C)C)cc1.CC(=O)c1cccc(C(C)C)c1.CC(C)c1cc(F)cc(C(=O)O)c1.CC(C)c1ccc(C(=O)N(C)C)cc1.CC(C)c1ccc(F)c(C(=O)O)c1.CC(C)c1ccc(S(C)(=O)=O)cc1.CC(C)c1cccc(-c2nn[nH]n2)c1.CC(C)c1cccc(C(=O)O)c1.CC(C)c1cccc(CC(=O)O)c1. The maximum Gasteiger partial charge on any atom is 0.338 e. The first-order valence-electron chi connectivity index (χ1n) is 38.5. The number of nitrogens with one attached hydrogen (secondary N) is 1. The van der Waals surface area contributed by atoms with E-state index in [-0.39, 0.29) is 46.9 Å². The van der Waals surface area contributed by atoms with Gasteiger partial charge in [0.1, 0.15) is 11.6 Å². The van der Waals surface area contributed by atoms with E-state index < -0.39 is 45.3 Å². The molecule has 0 atom stereocenters. The minimum atomic E-state index is -3.05. The number of ketones is 2. The molecule has 0 saturated carbocycles. The smallest absolute Gasteiger partial charge is 0.338 e. The molecule has 116 heavy (non-hydrogen) atoms. The van der Waals surface area contributed by atoms with Crippen LogP contribution < -0.4 is 0 Å². The fourth-order valence-electron chi connectivity index (χ4n) is 10.3. The molecule has 10 rings (SSSR count). The number of tetrazole rings is 1. The largest absolute Gasteiger partial charge is 0.481 e. The first-order chi connectivity index (χ1) is 54.1. The Balaban J connectivity index is 0.000000443. The predicted octanol–water partition coefficient (Wildman–Crippen LogP) is 23.0. The Hall–Kier alpha value is -11.5. The van der Waals surface area contributed by atoms with E-state index in [1.807, 2.05) is 163 Å². The number of nitrogens with zero attached hydrogens (tertiary/aromatic N) is 4. The van der Waals surface area contributed by atoms with Crippen LogP contribution >= 0.6 is 0 Å². The summed E-state index contributed by atoms with van der Waals surface area (Å²) in [5.41, 5.74) is 14.3. The number of carboxylic acid groups (broad SMARTS) is 4. The van der Waals surface area contributed by atoms with Crippen LogP contribution in [0, 0.1) is 11.6 Å². The highest BCUT2D eigenvalue weighted by Crippen LogP contribution is 2.25. The van der Waals surface area contributed by atoms with Crippen LogP contribution in [-0.4, -0.2) is 116 Å². The molecule has 1 amide bonds. The highest BCUT2D eigenvalue weighted by atomic mass is 32.2. The van der Waals surface area contributed by atoms with Crippen molar-refractivity contribution in [2.75, 3.05) is 20.4 Å². The van der Waals surface area contributed by atoms with Gasteiger partial charge >= 0.3 is 23.9 Å². The average molecular weight is 1610 g/mol. The third kappa shape index (κ3) is 37.2. The highest BCUT2D eigenvalue weighted by molar-refractivity contribution is 7.90. The van der Waals surface area contributed by atoms with Gasteiger partial charge in [-0.05, 0) is 207 Å². The summed E-state index contributed by atoms with van der Waals surface area (Å²) < 4.78 is 48.0. The van der Waals surface area contributed by atoms with Gasteiger partial charge in [0, 0.05) is 42.6 Å². The van der Waals surface area contributed by atoms with Gasteiger partial charge in [-0.3, -0.25) is 19.2 Å². The maximum absolute atomic E-state index is 12.9. The van der Waals surface area contributed by atoms with Gasteiger partial charge in [0.15, 0.2) is 21.4 Å². The number of Topliss-reactive ketones (excluding diaryl/α,β-unsaturated/α-hetero) is 2. The van der Waals surface area contributed by atoms with Crippen molar-refractivity contribution in [3.63, 3.8) is 0 Å². The standard InChI is InChI=1S/C12H17NO.C11H14O2.2C11H14O.2C10H11FO2.C10H12N4.C10H14O2S.C10H12O2/c1-9(2)10-5-7-11(8-6-10)12(14)13(3)4;1-8(2)10-5-3-4-9(6-10)7-11(12)13;1-8(2)10-4-6-11(7-5-10)9(3)12;1-8(2)10-5-4-6-11(7-10)9(3)12;1-6(2)7-3-8(10(12)13)5-9(11)4-7;1-6(2)7-3-4-9(11)8(5-7)10(12)13;1-7(2)8-4-3-5-9(6-8)10-11-13-14-12-10;1-8(2)9-4-6-10(7-5-9)13(3,11)12;1-7(2)8-4-3-5-9(6-8)10(11)12/h5-9H,1-4H3;3-6,8H,7H2,1-2H3,(H,12,13);2*4-8H,1-3H3;2*3-6H,1-2H3,(H,12,13);3-7H,1-2H3,(H,11,12,13,14);4-8H,1-3H3;3-7H,1-2H3,(H,11,12). The normalized spacial score (nSPS) is 10.6. The summed E-state index contributed by atoms with van der Waals surface area (Å²) >= 11 is 0. The number of aromatic amines is 1. The minimum Gasteiger partial charge on any atom is -0.481 e. The van der Waals surface area contributed by atoms with Crippen molar-refractivity contribution in [3.8, 4) is 11.4 Å². The number of H-pyrrole nitrogens is 1. The molecule has 0 aliphatic carbocycles. The van der Waals surface area contributed by atoms with Gasteiger partial charge in [0.2, 0.25) is 5.82 Å². The lowest BCUT2D eigenvalue weighted by molar-refractivity contribution is -0.136. The second-order valence-electron chi connectivity index (χ2n) is 30.6. The highest BCUT2D eigenvalue weighted by Gasteiger charge is 2.15. The fraction of sp³-hybridized carbons (Fsp3) is 0.347. The summed E-state index contributed by atoms with van der Waals surface area (Å²) in [6.45, 7) is 40.4. The van der Waals surface area contributed by atoms with E-state index in [0.717, 1.165) is 50.6 Å². The summed E-state index contributed by atoms with van der Waals surface area (Å²) in [5, 5.41) is 48.4. The van der Waals surface area contributed by atoms with Crippen LogP contribution in [0.15, 0.2) is 211 Å². The molecule has 0 aliphatic heterocycles. The summed E-state index contributed by atoms with van der Waals surface area (Å²) in [4.78, 5) is 77.6. The second kappa shape index (κ2) is 50.0. The first kappa shape index (κ1) is 101. The van der Waals surface area contributed by atoms with Gasteiger partial charge in [0.05, 0.1) is 28.0 Å². The van der Waals surface area contributed by atoms with E-state index in [9.17, 15) is 50.8 Å². The zero-order valence-corrected chi connectivity index (χ0v) is 72.3. The number of aromatic carboxylic acids is 3. The Morgan fingerprint density at radius 2 is 0.759 bits per heavy atom. The molecule has 0 unspecified atom stereocenters. The van der Waals surface area contributed by atoms with Crippen LogP contribution in [0.4, 0.5) is 8.78 Å². The molecule has 18 nitrogen and oxygen atoms in total. The van der Waals surface area contributed by atoms with Gasteiger partial charge in [0.25, 0.3) is 5.91 Å². The molecule has 1 aromatic heterocycles. The van der Waals surface area contributed by atoms with Gasteiger partial charge in [-0.2, -0.15) is 5.21 Å². The van der Waals surface area contributed by atoms with E-state index in [1.165, 1.54) is 58.3 Å². The van der Waals surface area contributed by atoms with Crippen molar-refractivity contribution < 1.29 is 71.2 Å². The summed E-state index contributed by atoms with van der Waals surface area (Å²) in [7, 11) is 0.480. The molecular weight excluding hydrogens is 1490 g/mol.